The highest BCUT2D eigenvalue weighted by Gasteiger charge is 2.26. The molecular formula is C11H22N2O. The van der Waals surface area contributed by atoms with Crippen LogP contribution in [0.3, 0.4) is 0 Å². The summed E-state index contributed by atoms with van der Waals surface area (Å²) in [4.78, 5) is 13.8. The lowest BCUT2D eigenvalue weighted by Crippen LogP contribution is -2.46. The Labute approximate surface area is 86.9 Å². The van der Waals surface area contributed by atoms with Crippen molar-refractivity contribution in [3.63, 3.8) is 0 Å². The number of nitrogens with one attached hydrogen (secondary N) is 1. The molecule has 0 aromatic carbocycles. The molecule has 0 aliphatic carbocycles. The highest BCUT2D eigenvalue weighted by molar-refractivity contribution is 5.79. The Morgan fingerprint density at radius 3 is 2.50 bits per heavy atom. The molecule has 1 amide bonds. The Morgan fingerprint density at radius 2 is 2.07 bits per heavy atom. The van der Waals surface area contributed by atoms with Crippen molar-refractivity contribution in [2.75, 3.05) is 13.6 Å². The van der Waals surface area contributed by atoms with Gasteiger partial charge in [0.05, 0.1) is 5.92 Å². The maximum Gasteiger partial charge on any atom is 0.226 e. The highest BCUT2D eigenvalue weighted by Crippen LogP contribution is 2.16. The molecule has 0 aromatic heterocycles. The van der Waals surface area contributed by atoms with Gasteiger partial charge >= 0.3 is 0 Å². The molecule has 1 fully saturated rings. The van der Waals surface area contributed by atoms with E-state index >= 15 is 0 Å². The molecule has 2 unspecified atom stereocenters. The second-order valence-electron chi connectivity index (χ2n) is 4.63. The first-order chi connectivity index (χ1) is 6.52. The Morgan fingerprint density at radius 1 is 1.43 bits per heavy atom. The highest BCUT2D eigenvalue weighted by atomic mass is 16.2. The topological polar surface area (TPSA) is 32.3 Å². The fourth-order valence-corrected chi connectivity index (χ4v) is 1.75. The lowest BCUT2D eigenvalue weighted by molar-refractivity contribution is -0.136. The quantitative estimate of drug-likeness (QED) is 0.724. The SMILES string of the molecule is CC1CCC(C(=O)N(C)C(C)C)CN1. The van der Waals surface area contributed by atoms with Crippen molar-refractivity contribution >= 4 is 5.91 Å². The van der Waals surface area contributed by atoms with Gasteiger partial charge in [0.25, 0.3) is 0 Å². The first-order valence-electron chi connectivity index (χ1n) is 5.52. The van der Waals surface area contributed by atoms with Gasteiger partial charge in [-0.1, -0.05) is 0 Å². The van der Waals surface area contributed by atoms with E-state index in [9.17, 15) is 4.79 Å². The smallest absolute Gasteiger partial charge is 0.226 e. The van der Waals surface area contributed by atoms with E-state index in [2.05, 4.69) is 26.1 Å². The molecule has 3 heteroatoms. The zero-order valence-electron chi connectivity index (χ0n) is 9.71. The minimum atomic E-state index is 0.193. The van der Waals surface area contributed by atoms with Crippen molar-refractivity contribution < 1.29 is 4.79 Å². The van der Waals surface area contributed by atoms with Crippen LogP contribution in [-0.4, -0.2) is 36.5 Å². The molecule has 1 saturated heterocycles. The van der Waals surface area contributed by atoms with Gasteiger partial charge in [-0.15, -0.1) is 0 Å². The predicted octanol–water partition coefficient (Wildman–Crippen LogP) is 1.24. The molecule has 2 atom stereocenters. The third-order valence-electron chi connectivity index (χ3n) is 3.13. The second kappa shape index (κ2) is 4.78. The van der Waals surface area contributed by atoms with Gasteiger partial charge in [-0.3, -0.25) is 4.79 Å². The van der Waals surface area contributed by atoms with Crippen LogP contribution in [0.15, 0.2) is 0 Å². The summed E-state index contributed by atoms with van der Waals surface area (Å²) in [6, 6.07) is 0.880. The summed E-state index contributed by atoms with van der Waals surface area (Å²) in [5, 5.41) is 3.36. The van der Waals surface area contributed by atoms with E-state index in [4.69, 9.17) is 0 Å². The molecule has 1 aliphatic heterocycles. The molecule has 0 radical (unpaired) electrons. The van der Waals surface area contributed by atoms with Crippen LogP contribution < -0.4 is 5.32 Å². The molecule has 0 saturated carbocycles. The van der Waals surface area contributed by atoms with Crippen LogP contribution in [0.4, 0.5) is 0 Å². The average molecular weight is 198 g/mol. The minimum Gasteiger partial charge on any atom is -0.343 e. The Kier molecular flexibility index (Phi) is 3.93. The Hall–Kier alpha value is -0.570. The summed E-state index contributed by atoms with van der Waals surface area (Å²) in [5.41, 5.74) is 0. The van der Waals surface area contributed by atoms with E-state index < -0.39 is 0 Å². The summed E-state index contributed by atoms with van der Waals surface area (Å²) in [7, 11) is 1.89. The maximum atomic E-state index is 11.9. The third kappa shape index (κ3) is 2.71. The standard InChI is InChI=1S/C11H22N2O/c1-8(2)13(4)11(14)10-6-5-9(3)12-7-10/h8-10,12H,5-7H2,1-4H3. The molecule has 3 nitrogen and oxygen atoms in total. The average Bonchev–Trinajstić information content (AvgIpc) is 2.16. The van der Waals surface area contributed by atoms with Gasteiger partial charge in [-0.25, -0.2) is 0 Å². The van der Waals surface area contributed by atoms with Crippen molar-refractivity contribution in [3.8, 4) is 0 Å². The Bertz CT molecular complexity index is 195. The molecular weight excluding hydrogens is 176 g/mol. The second-order valence-corrected chi connectivity index (χ2v) is 4.63. The van der Waals surface area contributed by atoms with E-state index in [0.717, 1.165) is 19.4 Å². The molecule has 1 N–H and O–H groups in total. The van der Waals surface area contributed by atoms with Crippen molar-refractivity contribution in [2.45, 2.75) is 45.7 Å². The Balaban J connectivity index is 2.45. The van der Waals surface area contributed by atoms with Crippen molar-refractivity contribution in [1.29, 1.82) is 0 Å². The normalized spacial score (nSPS) is 27.8. The number of piperidine rings is 1. The number of hydrogen-bond donors (Lipinski definition) is 1. The van der Waals surface area contributed by atoms with Crippen LogP contribution in [0.25, 0.3) is 0 Å². The monoisotopic (exact) mass is 198 g/mol. The minimum absolute atomic E-state index is 0.193. The van der Waals surface area contributed by atoms with Crippen LogP contribution in [0.1, 0.15) is 33.6 Å². The summed E-state index contributed by atoms with van der Waals surface area (Å²) >= 11 is 0. The van der Waals surface area contributed by atoms with Crippen molar-refractivity contribution in [1.82, 2.24) is 10.2 Å². The van der Waals surface area contributed by atoms with Gasteiger partial charge in [-0.2, -0.15) is 0 Å². The molecule has 0 bridgehead atoms. The van der Waals surface area contributed by atoms with E-state index in [1.54, 1.807) is 0 Å². The first-order valence-corrected chi connectivity index (χ1v) is 5.52. The first kappa shape index (κ1) is 11.5. The lowest BCUT2D eigenvalue weighted by atomic mass is 9.94. The number of carbonyl (C=O) groups is 1. The van der Waals surface area contributed by atoms with E-state index in [1.807, 2.05) is 11.9 Å². The summed E-state index contributed by atoms with van der Waals surface area (Å²) in [5.74, 6) is 0.484. The van der Waals surface area contributed by atoms with Crippen LogP contribution in [0.2, 0.25) is 0 Å². The number of rotatable bonds is 2. The fraction of sp³-hybridized carbons (Fsp3) is 0.909. The van der Waals surface area contributed by atoms with Crippen LogP contribution in [0, 0.1) is 5.92 Å². The summed E-state index contributed by atoms with van der Waals surface area (Å²) < 4.78 is 0. The van der Waals surface area contributed by atoms with Crippen LogP contribution in [-0.2, 0) is 4.79 Å². The zero-order valence-corrected chi connectivity index (χ0v) is 9.71. The number of hydrogen-bond acceptors (Lipinski definition) is 2. The van der Waals surface area contributed by atoms with Gasteiger partial charge in [-0.05, 0) is 33.6 Å². The predicted molar refractivity (Wildman–Crippen MR) is 58.1 cm³/mol. The maximum absolute atomic E-state index is 11.9. The molecule has 14 heavy (non-hydrogen) atoms. The summed E-state index contributed by atoms with van der Waals surface area (Å²) in [6.07, 6.45) is 2.15. The van der Waals surface area contributed by atoms with E-state index in [-0.39, 0.29) is 5.92 Å². The van der Waals surface area contributed by atoms with Crippen molar-refractivity contribution in [2.24, 2.45) is 5.92 Å². The molecule has 0 spiro atoms. The van der Waals surface area contributed by atoms with E-state index in [1.165, 1.54) is 0 Å². The fourth-order valence-electron chi connectivity index (χ4n) is 1.75. The van der Waals surface area contributed by atoms with Gasteiger partial charge in [0.2, 0.25) is 5.91 Å². The number of amides is 1. The molecule has 0 aromatic rings. The number of nitrogens with zero attached hydrogens (tertiary/aromatic N) is 1. The largest absolute Gasteiger partial charge is 0.343 e. The summed E-state index contributed by atoms with van der Waals surface area (Å²) in [6.45, 7) is 7.12. The molecule has 1 aliphatic rings. The van der Waals surface area contributed by atoms with Crippen LogP contribution >= 0.6 is 0 Å². The lowest BCUT2D eigenvalue weighted by Gasteiger charge is -2.31. The van der Waals surface area contributed by atoms with Gasteiger partial charge in [0.15, 0.2) is 0 Å². The van der Waals surface area contributed by atoms with E-state index in [0.29, 0.717) is 18.0 Å². The van der Waals surface area contributed by atoms with Gasteiger partial charge < -0.3 is 10.2 Å². The van der Waals surface area contributed by atoms with Gasteiger partial charge in [0.1, 0.15) is 0 Å². The molecule has 1 rings (SSSR count). The van der Waals surface area contributed by atoms with Crippen molar-refractivity contribution in [3.05, 3.63) is 0 Å². The van der Waals surface area contributed by atoms with Gasteiger partial charge in [0, 0.05) is 25.7 Å². The van der Waals surface area contributed by atoms with Crippen LogP contribution in [0.5, 0.6) is 0 Å². The zero-order chi connectivity index (χ0) is 10.7. The number of carbonyl (C=O) groups excluding carboxylic acids is 1. The third-order valence-corrected chi connectivity index (χ3v) is 3.13. The molecule has 1 heterocycles. The molecule has 82 valence electrons.